The fourth-order valence-corrected chi connectivity index (χ4v) is 5.04. The molecule has 0 radical (unpaired) electrons. The van der Waals surface area contributed by atoms with E-state index in [0.29, 0.717) is 42.7 Å². The Morgan fingerprint density at radius 2 is 1.79 bits per heavy atom. The molecule has 0 aliphatic carbocycles. The van der Waals surface area contributed by atoms with Crippen molar-refractivity contribution in [1.29, 1.82) is 0 Å². The number of tetrazole rings is 1. The van der Waals surface area contributed by atoms with Gasteiger partial charge in [-0.3, -0.25) is 9.69 Å². The Kier molecular flexibility index (Phi) is 8.46. The number of hydrogen-bond acceptors (Lipinski definition) is 6. The number of nitrogens with zero attached hydrogens (tertiary/aromatic N) is 5. The van der Waals surface area contributed by atoms with Crippen LogP contribution in [0.1, 0.15) is 41.0 Å². The number of benzene rings is 3. The van der Waals surface area contributed by atoms with Crippen LogP contribution in [0.15, 0.2) is 83.7 Å². The highest BCUT2D eigenvalue weighted by Gasteiger charge is 2.31. The van der Waals surface area contributed by atoms with Crippen molar-refractivity contribution in [2.75, 3.05) is 13.7 Å². The van der Waals surface area contributed by atoms with Gasteiger partial charge in [0.15, 0.2) is 5.82 Å². The standard InChI is InChI=1S/C30H31ClN6O2/c1-3-21-13-14-27-24(17-21)18-25(30(38)32-27)28(29-33-34-35-37(29)15-16-39-2)36(19-22-9-5-4-6-10-22)20-23-11-7-8-12-26(23)31/h4-14,17-18,28H,3,15-16,19-20H2,1-2H3,(H,32,38)/t28-/m1/s1. The van der Waals surface area contributed by atoms with Gasteiger partial charge in [0, 0.05) is 36.3 Å². The van der Waals surface area contributed by atoms with Crippen molar-refractivity contribution in [2.24, 2.45) is 0 Å². The zero-order valence-corrected chi connectivity index (χ0v) is 22.8. The Hall–Kier alpha value is -3.85. The molecule has 5 rings (SSSR count). The van der Waals surface area contributed by atoms with Gasteiger partial charge in [0.1, 0.15) is 6.04 Å². The lowest BCUT2D eigenvalue weighted by molar-refractivity contribution is 0.169. The number of halogens is 1. The van der Waals surface area contributed by atoms with Gasteiger partial charge in [-0.2, -0.15) is 0 Å². The summed E-state index contributed by atoms with van der Waals surface area (Å²) >= 11 is 6.63. The number of aryl methyl sites for hydroxylation is 1. The molecule has 1 atom stereocenters. The molecule has 0 unspecified atom stereocenters. The van der Waals surface area contributed by atoms with Gasteiger partial charge in [-0.25, -0.2) is 4.68 Å². The summed E-state index contributed by atoms with van der Waals surface area (Å²) in [5.74, 6) is 0.562. The number of aromatic amines is 1. The summed E-state index contributed by atoms with van der Waals surface area (Å²) in [4.78, 5) is 19.0. The summed E-state index contributed by atoms with van der Waals surface area (Å²) in [7, 11) is 1.64. The summed E-state index contributed by atoms with van der Waals surface area (Å²) < 4.78 is 7.03. The molecule has 0 aliphatic rings. The minimum Gasteiger partial charge on any atom is -0.383 e. The highest BCUT2D eigenvalue weighted by molar-refractivity contribution is 6.31. The van der Waals surface area contributed by atoms with Crippen LogP contribution in [-0.4, -0.2) is 43.8 Å². The van der Waals surface area contributed by atoms with Gasteiger partial charge in [0.25, 0.3) is 5.56 Å². The van der Waals surface area contributed by atoms with E-state index in [0.717, 1.165) is 28.5 Å². The second kappa shape index (κ2) is 12.3. The van der Waals surface area contributed by atoms with E-state index in [1.54, 1.807) is 11.8 Å². The van der Waals surface area contributed by atoms with Crippen molar-refractivity contribution in [2.45, 2.75) is 39.0 Å². The van der Waals surface area contributed by atoms with E-state index in [-0.39, 0.29) is 5.56 Å². The van der Waals surface area contributed by atoms with Crippen LogP contribution in [0.4, 0.5) is 0 Å². The highest BCUT2D eigenvalue weighted by atomic mass is 35.5. The first-order valence-corrected chi connectivity index (χ1v) is 13.4. The van der Waals surface area contributed by atoms with E-state index in [1.165, 1.54) is 5.56 Å². The van der Waals surface area contributed by atoms with E-state index < -0.39 is 6.04 Å². The van der Waals surface area contributed by atoms with Gasteiger partial charge >= 0.3 is 0 Å². The molecule has 9 heteroatoms. The predicted molar refractivity (Wildman–Crippen MR) is 153 cm³/mol. The Balaban J connectivity index is 1.70. The SMILES string of the molecule is CCc1ccc2[nH]c(=O)c([C@H](c3nnnn3CCOC)N(Cc3ccccc3)Cc3ccccc3Cl)cc2c1. The van der Waals surface area contributed by atoms with Crippen LogP contribution in [0.5, 0.6) is 0 Å². The third-order valence-corrected chi connectivity index (χ3v) is 7.25. The number of pyridine rings is 1. The number of nitrogens with one attached hydrogen (secondary N) is 1. The van der Waals surface area contributed by atoms with Crippen molar-refractivity contribution in [1.82, 2.24) is 30.1 Å². The average Bonchev–Trinajstić information content (AvgIpc) is 3.41. The monoisotopic (exact) mass is 542 g/mol. The van der Waals surface area contributed by atoms with E-state index in [4.69, 9.17) is 16.3 Å². The molecule has 0 amide bonds. The van der Waals surface area contributed by atoms with Gasteiger partial charge in [-0.1, -0.05) is 73.1 Å². The number of fused-ring (bicyclic) bond motifs is 1. The van der Waals surface area contributed by atoms with Crippen molar-refractivity contribution >= 4 is 22.5 Å². The summed E-state index contributed by atoms with van der Waals surface area (Å²) in [5, 5.41) is 14.3. The molecule has 0 spiro atoms. The normalized spacial score (nSPS) is 12.3. The van der Waals surface area contributed by atoms with Crippen LogP contribution in [0.3, 0.4) is 0 Å². The topological polar surface area (TPSA) is 88.9 Å². The lowest BCUT2D eigenvalue weighted by atomic mass is 10.0. The molecule has 0 aliphatic heterocycles. The van der Waals surface area contributed by atoms with Crippen LogP contribution < -0.4 is 5.56 Å². The quantitative estimate of drug-likeness (QED) is 0.248. The van der Waals surface area contributed by atoms with Crippen molar-refractivity contribution in [3.63, 3.8) is 0 Å². The Morgan fingerprint density at radius 3 is 2.56 bits per heavy atom. The maximum atomic E-state index is 13.7. The van der Waals surface area contributed by atoms with Gasteiger partial charge in [0.05, 0.1) is 13.2 Å². The molecule has 5 aromatic rings. The zero-order valence-electron chi connectivity index (χ0n) is 22.0. The molecule has 39 heavy (non-hydrogen) atoms. The van der Waals surface area contributed by atoms with Gasteiger partial charge < -0.3 is 9.72 Å². The number of rotatable bonds is 11. The molecular weight excluding hydrogens is 512 g/mol. The van der Waals surface area contributed by atoms with Crippen LogP contribution in [0, 0.1) is 0 Å². The number of H-pyrrole nitrogens is 1. The summed E-state index contributed by atoms with van der Waals surface area (Å²) in [6.45, 7) is 4.02. The predicted octanol–water partition coefficient (Wildman–Crippen LogP) is 5.17. The molecule has 0 saturated heterocycles. The van der Waals surface area contributed by atoms with Crippen LogP contribution in [0.25, 0.3) is 10.9 Å². The Labute approximate surface area is 232 Å². The van der Waals surface area contributed by atoms with E-state index >= 15 is 0 Å². The molecule has 3 aromatic carbocycles. The molecule has 8 nitrogen and oxygen atoms in total. The second-order valence-electron chi connectivity index (χ2n) is 9.47. The zero-order chi connectivity index (χ0) is 27.2. The molecule has 0 bridgehead atoms. The minimum absolute atomic E-state index is 0.185. The molecule has 2 heterocycles. The third-order valence-electron chi connectivity index (χ3n) is 6.88. The fourth-order valence-electron chi connectivity index (χ4n) is 4.84. The number of hydrogen-bond donors (Lipinski definition) is 1. The third kappa shape index (κ3) is 6.09. The first-order valence-electron chi connectivity index (χ1n) is 13.0. The number of methoxy groups -OCH3 is 1. The average molecular weight is 543 g/mol. The largest absolute Gasteiger partial charge is 0.383 e. The van der Waals surface area contributed by atoms with Crippen LogP contribution >= 0.6 is 11.6 Å². The summed E-state index contributed by atoms with van der Waals surface area (Å²) in [5.41, 5.74) is 4.40. The Morgan fingerprint density at radius 1 is 1.00 bits per heavy atom. The molecule has 0 fully saturated rings. The minimum atomic E-state index is -0.563. The van der Waals surface area contributed by atoms with Gasteiger partial charge in [-0.05, 0) is 63.2 Å². The molecular formula is C30H31ClN6O2. The van der Waals surface area contributed by atoms with Gasteiger partial charge in [0.2, 0.25) is 0 Å². The van der Waals surface area contributed by atoms with Gasteiger partial charge in [-0.15, -0.1) is 5.10 Å². The first kappa shape index (κ1) is 26.7. The van der Waals surface area contributed by atoms with E-state index in [1.807, 2.05) is 60.7 Å². The lowest BCUT2D eigenvalue weighted by Crippen LogP contribution is -2.35. The molecule has 1 N–H and O–H groups in total. The second-order valence-corrected chi connectivity index (χ2v) is 9.87. The summed E-state index contributed by atoms with van der Waals surface area (Å²) in [6, 6.07) is 25.4. The maximum absolute atomic E-state index is 13.7. The van der Waals surface area contributed by atoms with Crippen molar-refractivity contribution in [3.8, 4) is 0 Å². The van der Waals surface area contributed by atoms with Crippen molar-refractivity contribution in [3.05, 3.63) is 122 Å². The Bertz CT molecular complexity index is 1600. The first-order chi connectivity index (χ1) is 19.1. The lowest BCUT2D eigenvalue weighted by Gasteiger charge is -2.31. The number of aromatic nitrogens is 5. The van der Waals surface area contributed by atoms with Crippen LogP contribution in [0.2, 0.25) is 5.02 Å². The number of ether oxygens (including phenoxy) is 1. The molecule has 200 valence electrons. The molecule has 2 aromatic heterocycles. The van der Waals surface area contributed by atoms with E-state index in [9.17, 15) is 4.79 Å². The highest BCUT2D eigenvalue weighted by Crippen LogP contribution is 2.31. The molecule has 0 saturated carbocycles. The van der Waals surface area contributed by atoms with Crippen LogP contribution in [-0.2, 0) is 30.8 Å². The fraction of sp³-hybridized carbons (Fsp3) is 0.267. The van der Waals surface area contributed by atoms with E-state index in [2.05, 4.69) is 50.5 Å². The van der Waals surface area contributed by atoms with Crippen molar-refractivity contribution < 1.29 is 4.74 Å². The summed E-state index contributed by atoms with van der Waals surface area (Å²) in [6.07, 6.45) is 0.899. The smallest absolute Gasteiger partial charge is 0.253 e. The maximum Gasteiger partial charge on any atom is 0.253 e.